The van der Waals surface area contributed by atoms with Crippen molar-refractivity contribution in [2.45, 2.75) is 18.9 Å². The van der Waals surface area contributed by atoms with Crippen LogP contribution in [0.15, 0.2) is 36.4 Å². The second-order valence-corrected chi connectivity index (χ2v) is 7.94. The first-order chi connectivity index (χ1) is 14.6. The van der Waals surface area contributed by atoms with E-state index in [1.165, 1.54) is 32.7 Å². The second-order valence-electron chi connectivity index (χ2n) is 6.93. The van der Waals surface area contributed by atoms with E-state index in [2.05, 4.69) is 0 Å². The standard InChI is InChI=1S/C22H24N2O5S/c1-26-17-11-14(12-18(27-2)20(17)28-3)21(25)24(13-15-7-6-10-29-15)22-23-16-8-4-5-9-19(16)30-22/h4-5,8-9,11-12,15H,6-7,10,13H2,1-3H3. The molecule has 1 saturated heterocycles. The number of aromatic nitrogens is 1. The second kappa shape index (κ2) is 8.89. The van der Waals surface area contributed by atoms with Gasteiger partial charge in [-0.3, -0.25) is 9.69 Å². The number of para-hydroxylation sites is 1. The van der Waals surface area contributed by atoms with Crippen molar-refractivity contribution in [3.05, 3.63) is 42.0 Å². The monoisotopic (exact) mass is 428 g/mol. The minimum Gasteiger partial charge on any atom is -0.493 e. The predicted molar refractivity (Wildman–Crippen MR) is 116 cm³/mol. The summed E-state index contributed by atoms with van der Waals surface area (Å²) in [4.78, 5) is 20.0. The molecule has 0 N–H and O–H groups in total. The molecule has 158 valence electrons. The zero-order chi connectivity index (χ0) is 21.1. The summed E-state index contributed by atoms with van der Waals surface area (Å²) in [5, 5.41) is 0.644. The van der Waals surface area contributed by atoms with Crippen LogP contribution in [-0.2, 0) is 4.74 Å². The van der Waals surface area contributed by atoms with E-state index in [9.17, 15) is 4.79 Å². The van der Waals surface area contributed by atoms with Crippen molar-refractivity contribution < 1.29 is 23.7 Å². The van der Waals surface area contributed by atoms with Crippen LogP contribution in [0.25, 0.3) is 10.2 Å². The van der Waals surface area contributed by atoms with Gasteiger partial charge in [-0.1, -0.05) is 23.5 Å². The Labute approximate surface area is 179 Å². The number of hydrogen-bond acceptors (Lipinski definition) is 7. The van der Waals surface area contributed by atoms with Crippen LogP contribution in [0, 0.1) is 0 Å². The van der Waals surface area contributed by atoms with Crippen molar-refractivity contribution in [3.8, 4) is 17.2 Å². The lowest BCUT2D eigenvalue weighted by Crippen LogP contribution is -2.37. The molecule has 0 saturated carbocycles. The molecule has 2 aromatic carbocycles. The maximum atomic E-state index is 13.6. The number of nitrogens with zero attached hydrogens (tertiary/aromatic N) is 2. The molecule has 3 aromatic rings. The van der Waals surface area contributed by atoms with Gasteiger partial charge in [-0.15, -0.1) is 0 Å². The van der Waals surface area contributed by atoms with E-state index in [1.54, 1.807) is 17.0 Å². The van der Waals surface area contributed by atoms with Crippen LogP contribution in [0.1, 0.15) is 23.2 Å². The van der Waals surface area contributed by atoms with Crippen LogP contribution in [0.2, 0.25) is 0 Å². The van der Waals surface area contributed by atoms with Crippen molar-refractivity contribution >= 4 is 32.6 Å². The lowest BCUT2D eigenvalue weighted by molar-refractivity contribution is 0.0917. The average Bonchev–Trinajstić information content (AvgIpc) is 3.45. The number of anilines is 1. The van der Waals surface area contributed by atoms with Gasteiger partial charge in [0.1, 0.15) is 0 Å². The maximum Gasteiger partial charge on any atom is 0.260 e. The van der Waals surface area contributed by atoms with Crippen molar-refractivity contribution in [3.63, 3.8) is 0 Å². The van der Waals surface area contributed by atoms with Crippen LogP contribution in [-0.4, -0.2) is 51.5 Å². The Hall–Kier alpha value is -2.84. The van der Waals surface area contributed by atoms with E-state index in [0.717, 1.165) is 29.7 Å². The van der Waals surface area contributed by atoms with Gasteiger partial charge in [0.25, 0.3) is 5.91 Å². The predicted octanol–water partition coefficient (Wildman–Crippen LogP) is 4.15. The summed E-state index contributed by atoms with van der Waals surface area (Å²) in [6, 6.07) is 11.2. The Morgan fingerprint density at radius 2 is 1.90 bits per heavy atom. The van der Waals surface area contributed by atoms with Crippen LogP contribution in [0.4, 0.5) is 5.13 Å². The molecule has 30 heavy (non-hydrogen) atoms. The summed E-state index contributed by atoms with van der Waals surface area (Å²) < 4.78 is 23.1. The topological polar surface area (TPSA) is 70.1 Å². The molecule has 4 rings (SSSR count). The molecule has 1 amide bonds. The third-order valence-electron chi connectivity index (χ3n) is 5.08. The average molecular weight is 429 g/mol. The number of carbonyl (C=O) groups is 1. The smallest absolute Gasteiger partial charge is 0.260 e. The van der Waals surface area contributed by atoms with Gasteiger partial charge >= 0.3 is 0 Å². The molecule has 1 atom stereocenters. The fourth-order valence-corrected chi connectivity index (χ4v) is 4.55. The summed E-state index contributed by atoms with van der Waals surface area (Å²) in [7, 11) is 4.60. The SMILES string of the molecule is COc1cc(C(=O)N(CC2CCCO2)c2nc3ccccc3s2)cc(OC)c1OC. The summed E-state index contributed by atoms with van der Waals surface area (Å²) in [5.74, 6) is 1.12. The van der Waals surface area contributed by atoms with Crippen LogP contribution >= 0.6 is 11.3 Å². The fraction of sp³-hybridized carbons (Fsp3) is 0.364. The zero-order valence-corrected chi connectivity index (χ0v) is 18.0. The van der Waals surface area contributed by atoms with Crippen LogP contribution in [0.3, 0.4) is 0 Å². The Bertz CT molecular complexity index is 987. The van der Waals surface area contributed by atoms with Crippen LogP contribution in [0.5, 0.6) is 17.2 Å². The Balaban J connectivity index is 1.75. The molecule has 1 aromatic heterocycles. The Kier molecular flexibility index (Phi) is 6.06. The summed E-state index contributed by atoms with van der Waals surface area (Å²) in [6.45, 7) is 1.16. The first kappa shape index (κ1) is 20.4. The number of ether oxygens (including phenoxy) is 4. The molecule has 1 aliphatic rings. The van der Waals surface area contributed by atoms with Crippen molar-refractivity contribution in [2.24, 2.45) is 0 Å². The number of methoxy groups -OCH3 is 3. The van der Waals surface area contributed by atoms with Gasteiger partial charge in [0.15, 0.2) is 16.6 Å². The van der Waals surface area contributed by atoms with E-state index in [-0.39, 0.29) is 12.0 Å². The van der Waals surface area contributed by atoms with E-state index >= 15 is 0 Å². The normalized spacial score (nSPS) is 15.9. The lowest BCUT2D eigenvalue weighted by atomic mass is 10.1. The number of hydrogen-bond donors (Lipinski definition) is 0. The molecule has 0 radical (unpaired) electrons. The molecule has 0 aliphatic carbocycles. The summed E-state index contributed by atoms with van der Waals surface area (Å²) in [6.07, 6.45) is 1.91. The highest BCUT2D eigenvalue weighted by Crippen LogP contribution is 2.39. The zero-order valence-electron chi connectivity index (χ0n) is 17.2. The largest absolute Gasteiger partial charge is 0.493 e. The van der Waals surface area contributed by atoms with Crippen molar-refractivity contribution in [1.29, 1.82) is 0 Å². The minimum atomic E-state index is -0.191. The van der Waals surface area contributed by atoms with Gasteiger partial charge in [0, 0.05) is 12.2 Å². The van der Waals surface area contributed by atoms with Gasteiger partial charge in [-0.25, -0.2) is 4.98 Å². The molecule has 1 fully saturated rings. The third kappa shape index (κ3) is 3.93. The highest BCUT2D eigenvalue weighted by molar-refractivity contribution is 7.22. The molecule has 8 heteroatoms. The molecule has 2 heterocycles. The number of amides is 1. The highest BCUT2D eigenvalue weighted by atomic mass is 32.1. The number of benzene rings is 2. The van der Waals surface area contributed by atoms with Gasteiger partial charge in [-0.05, 0) is 37.1 Å². The molecule has 0 bridgehead atoms. The van der Waals surface area contributed by atoms with Gasteiger partial charge in [0.2, 0.25) is 5.75 Å². The van der Waals surface area contributed by atoms with Crippen LogP contribution < -0.4 is 19.1 Å². The minimum absolute atomic E-state index is 0.0111. The Morgan fingerprint density at radius 1 is 1.17 bits per heavy atom. The number of rotatable bonds is 7. The molecule has 1 unspecified atom stereocenters. The quantitative estimate of drug-likeness (QED) is 0.563. The third-order valence-corrected chi connectivity index (χ3v) is 6.14. The van der Waals surface area contributed by atoms with E-state index in [4.69, 9.17) is 23.9 Å². The maximum absolute atomic E-state index is 13.6. The van der Waals surface area contributed by atoms with E-state index in [1.807, 2.05) is 24.3 Å². The van der Waals surface area contributed by atoms with Gasteiger partial charge in [-0.2, -0.15) is 0 Å². The first-order valence-electron chi connectivity index (χ1n) is 9.73. The highest BCUT2D eigenvalue weighted by Gasteiger charge is 2.28. The first-order valence-corrected chi connectivity index (χ1v) is 10.5. The van der Waals surface area contributed by atoms with Gasteiger partial charge < -0.3 is 18.9 Å². The van der Waals surface area contributed by atoms with E-state index < -0.39 is 0 Å². The van der Waals surface area contributed by atoms with E-state index in [0.29, 0.717) is 34.5 Å². The van der Waals surface area contributed by atoms with Crippen molar-refractivity contribution in [2.75, 3.05) is 39.4 Å². The molecular weight excluding hydrogens is 404 g/mol. The number of thiazole rings is 1. The Morgan fingerprint density at radius 3 is 2.50 bits per heavy atom. The molecule has 1 aliphatic heterocycles. The molecular formula is C22H24N2O5S. The summed E-state index contributed by atoms with van der Waals surface area (Å²) >= 11 is 1.49. The fourth-order valence-electron chi connectivity index (χ4n) is 3.58. The number of fused-ring (bicyclic) bond motifs is 1. The molecule has 0 spiro atoms. The van der Waals surface area contributed by atoms with Crippen molar-refractivity contribution in [1.82, 2.24) is 4.98 Å². The van der Waals surface area contributed by atoms with Gasteiger partial charge in [0.05, 0.1) is 44.2 Å². The lowest BCUT2D eigenvalue weighted by Gasteiger charge is -2.24. The summed E-state index contributed by atoms with van der Waals surface area (Å²) in [5.41, 5.74) is 1.30. The number of carbonyl (C=O) groups excluding carboxylic acids is 1. The molecule has 7 nitrogen and oxygen atoms in total.